The van der Waals surface area contributed by atoms with Crippen molar-refractivity contribution in [2.75, 3.05) is 26.2 Å². The molecular weight excluding hydrogens is 328 g/mol. The minimum absolute atomic E-state index is 0.0226. The summed E-state index contributed by atoms with van der Waals surface area (Å²) in [5.41, 5.74) is 1.03. The smallest absolute Gasteiger partial charge is 0.258 e. The fraction of sp³-hybridized carbons (Fsp3) is 0.476. The largest absolute Gasteiger partial charge is 0.484 e. The summed E-state index contributed by atoms with van der Waals surface area (Å²) in [6.07, 6.45) is 3.66. The van der Waals surface area contributed by atoms with E-state index in [1.165, 1.54) is 19.3 Å². The Hall–Kier alpha value is -2.27. The van der Waals surface area contributed by atoms with Crippen molar-refractivity contribution in [3.8, 4) is 5.75 Å². The van der Waals surface area contributed by atoms with Crippen molar-refractivity contribution in [2.24, 2.45) is 0 Å². The zero-order chi connectivity index (χ0) is 18.4. The van der Waals surface area contributed by atoms with Gasteiger partial charge < -0.3 is 14.5 Å². The van der Waals surface area contributed by atoms with Crippen LogP contribution in [-0.4, -0.2) is 37.0 Å². The summed E-state index contributed by atoms with van der Waals surface area (Å²) >= 11 is 0. The van der Waals surface area contributed by atoms with Gasteiger partial charge in [-0.15, -0.1) is 0 Å². The van der Waals surface area contributed by atoms with Gasteiger partial charge in [-0.25, -0.2) is 0 Å². The molecule has 3 rings (SSSR count). The molecule has 0 unspecified atom stereocenters. The number of amides is 1. The third kappa shape index (κ3) is 4.88. The number of likely N-dealkylation sites (tertiary alicyclic amines) is 1. The minimum Gasteiger partial charge on any atom is -0.484 e. The van der Waals surface area contributed by atoms with Gasteiger partial charge in [0.05, 0.1) is 6.04 Å². The van der Waals surface area contributed by atoms with Crippen LogP contribution in [0.25, 0.3) is 0 Å². The molecule has 1 aliphatic heterocycles. The third-order valence-electron chi connectivity index (χ3n) is 4.87. The average molecular weight is 356 g/mol. The molecular formula is C21H28N2O3. The van der Waals surface area contributed by atoms with Crippen molar-refractivity contribution in [3.63, 3.8) is 0 Å². The highest BCUT2D eigenvalue weighted by Gasteiger charge is 2.25. The van der Waals surface area contributed by atoms with Crippen LogP contribution in [0.5, 0.6) is 5.75 Å². The molecule has 1 N–H and O–H groups in total. The number of carbonyl (C=O) groups excluding carboxylic acids is 1. The Balaban J connectivity index is 1.56. The molecule has 2 heterocycles. The van der Waals surface area contributed by atoms with E-state index in [1.807, 2.05) is 50.2 Å². The fourth-order valence-electron chi connectivity index (χ4n) is 3.40. The second kappa shape index (κ2) is 8.90. The van der Waals surface area contributed by atoms with E-state index in [2.05, 4.69) is 10.2 Å². The lowest BCUT2D eigenvalue weighted by atomic mass is 10.1. The van der Waals surface area contributed by atoms with Gasteiger partial charge in [-0.1, -0.05) is 24.6 Å². The number of furan rings is 1. The Labute approximate surface area is 155 Å². The number of nitrogens with zero attached hydrogens (tertiary/aromatic N) is 1. The first-order chi connectivity index (χ1) is 12.6. The lowest BCUT2D eigenvalue weighted by molar-refractivity contribution is -0.123. The van der Waals surface area contributed by atoms with Crippen molar-refractivity contribution in [2.45, 2.75) is 39.2 Å². The molecule has 0 spiro atoms. The quantitative estimate of drug-likeness (QED) is 0.823. The van der Waals surface area contributed by atoms with Crippen LogP contribution in [0.2, 0.25) is 0 Å². The first-order valence-electron chi connectivity index (χ1n) is 9.39. The van der Waals surface area contributed by atoms with Gasteiger partial charge in [0.15, 0.2) is 6.61 Å². The molecule has 140 valence electrons. The number of hydrogen-bond acceptors (Lipinski definition) is 4. The van der Waals surface area contributed by atoms with E-state index in [4.69, 9.17) is 9.15 Å². The highest BCUT2D eigenvalue weighted by Crippen LogP contribution is 2.25. The Kier molecular flexibility index (Phi) is 6.34. The first-order valence-corrected chi connectivity index (χ1v) is 9.39. The van der Waals surface area contributed by atoms with Gasteiger partial charge >= 0.3 is 0 Å². The molecule has 0 saturated carbocycles. The summed E-state index contributed by atoms with van der Waals surface area (Å²) < 4.78 is 11.5. The van der Waals surface area contributed by atoms with E-state index in [1.54, 1.807) is 0 Å². The lowest BCUT2D eigenvalue weighted by Gasteiger charge is -2.33. The van der Waals surface area contributed by atoms with E-state index < -0.39 is 0 Å². The Morgan fingerprint density at radius 2 is 1.92 bits per heavy atom. The normalized spacial score (nSPS) is 16.2. The molecule has 5 nitrogen and oxygen atoms in total. The van der Waals surface area contributed by atoms with Crippen LogP contribution < -0.4 is 10.1 Å². The Morgan fingerprint density at radius 3 is 2.62 bits per heavy atom. The maximum Gasteiger partial charge on any atom is 0.258 e. The second-order valence-corrected chi connectivity index (χ2v) is 6.92. The van der Waals surface area contributed by atoms with E-state index in [9.17, 15) is 4.79 Å². The molecule has 2 aromatic rings. The van der Waals surface area contributed by atoms with E-state index in [-0.39, 0.29) is 18.6 Å². The van der Waals surface area contributed by atoms with Gasteiger partial charge in [0, 0.05) is 6.54 Å². The Bertz CT molecular complexity index is 720. The molecule has 1 amide bonds. The molecule has 0 radical (unpaired) electrons. The molecule has 1 fully saturated rings. The zero-order valence-corrected chi connectivity index (χ0v) is 15.7. The summed E-state index contributed by atoms with van der Waals surface area (Å²) in [7, 11) is 0. The highest BCUT2D eigenvalue weighted by atomic mass is 16.5. The SMILES string of the molecule is Cc1ccc([C@@H](CNC(=O)COc2ccccc2C)N2CCCCC2)o1. The molecule has 0 bridgehead atoms. The number of para-hydroxylation sites is 1. The number of carbonyl (C=O) groups is 1. The van der Waals surface area contributed by atoms with Crippen molar-refractivity contribution >= 4 is 5.91 Å². The first kappa shape index (κ1) is 18.5. The molecule has 0 aliphatic carbocycles. The van der Waals surface area contributed by atoms with Crippen LogP contribution in [0.3, 0.4) is 0 Å². The fourth-order valence-corrected chi connectivity index (χ4v) is 3.40. The second-order valence-electron chi connectivity index (χ2n) is 6.92. The van der Waals surface area contributed by atoms with E-state index >= 15 is 0 Å². The number of rotatable bonds is 7. The van der Waals surface area contributed by atoms with Crippen molar-refractivity contribution in [1.29, 1.82) is 0 Å². The van der Waals surface area contributed by atoms with Gasteiger partial charge in [0.2, 0.25) is 0 Å². The molecule has 26 heavy (non-hydrogen) atoms. The molecule has 1 aromatic carbocycles. The predicted octanol–water partition coefficient (Wildman–Crippen LogP) is 3.62. The average Bonchev–Trinajstić information content (AvgIpc) is 3.08. The molecule has 1 atom stereocenters. The summed E-state index contributed by atoms with van der Waals surface area (Å²) in [5, 5.41) is 3.01. The van der Waals surface area contributed by atoms with Gasteiger partial charge in [-0.05, 0) is 63.5 Å². The summed E-state index contributed by atoms with van der Waals surface area (Å²) in [6.45, 7) is 6.56. The molecule has 1 aromatic heterocycles. The molecule has 1 aliphatic rings. The van der Waals surface area contributed by atoms with Crippen LogP contribution in [-0.2, 0) is 4.79 Å². The van der Waals surface area contributed by atoms with Crippen LogP contribution in [0.1, 0.15) is 42.4 Å². The number of piperidine rings is 1. The van der Waals surface area contributed by atoms with Crippen molar-refractivity contribution < 1.29 is 13.9 Å². The van der Waals surface area contributed by atoms with Gasteiger partial charge in [0.1, 0.15) is 17.3 Å². The molecule has 1 saturated heterocycles. The van der Waals surface area contributed by atoms with Crippen LogP contribution in [0.4, 0.5) is 0 Å². The van der Waals surface area contributed by atoms with E-state index in [0.29, 0.717) is 6.54 Å². The number of aryl methyl sites for hydroxylation is 2. The van der Waals surface area contributed by atoms with Crippen molar-refractivity contribution in [3.05, 3.63) is 53.5 Å². The van der Waals surface area contributed by atoms with Crippen LogP contribution in [0.15, 0.2) is 40.8 Å². The monoisotopic (exact) mass is 356 g/mol. The maximum absolute atomic E-state index is 12.3. The summed E-state index contributed by atoms with van der Waals surface area (Å²) in [5.74, 6) is 2.45. The number of hydrogen-bond donors (Lipinski definition) is 1. The summed E-state index contributed by atoms with van der Waals surface area (Å²) in [6, 6.07) is 11.8. The van der Waals surface area contributed by atoms with E-state index in [0.717, 1.165) is 35.9 Å². The van der Waals surface area contributed by atoms with Gasteiger partial charge in [-0.2, -0.15) is 0 Å². The van der Waals surface area contributed by atoms with Crippen molar-refractivity contribution in [1.82, 2.24) is 10.2 Å². The highest BCUT2D eigenvalue weighted by molar-refractivity contribution is 5.77. The molecule has 5 heteroatoms. The minimum atomic E-state index is -0.112. The van der Waals surface area contributed by atoms with Crippen LogP contribution >= 0.6 is 0 Å². The standard InChI is InChI=1S/C21H28N2O3/c1-16-8-4-5-9-19(16)25-15-21(24)22-14-18(20-11-10-17(2)26-20)23-12-6-3-7-13-23/h4-5,8-11,18H,3,6-7,12-15H2,1-2H3,(H,22,24)/t18-/m1/s1. The summed E-state index contributed by atoms with van der Waals surface area (Å²) in [4.78, 5) is 14.7. The Morgan fingerprint density at radius 1 is 1.15 bits per heavy atom. The number of nitrogens with one attached hydrogen (secondary N) is 1. The topological polar surface area (TPSA) is 54.7 Å². The lowest BCUT2D eigenvalue weighted by Crippen LogP contribution is -2.41. The number of benzene rings is 1. The predicted molar refractivity (Wildman–Crippen MR) is 101 cm³/mol. The zero-order valence-electron chi connectivity index (χ0n) is 15.7. The third-order valence-corrected chi connectivity index (χ3v) is 4.87. The van der Waals surface area contributed by atoms with Crippen LogP contribution in [0, 0.1) is 13.8 Å². The van der Waals surface area contributed by atoms with Gasteiger partial charge in [0.25, 0.3) is 5.91 Å². The maximum atomic E-state index is 12.3. The number of ether oxygens (including phenoxy) is 1. The van der Waals surface area contributed by atoms with Gasteiger partial charge in [-0.3, -0.25) is 9.69 Å².